The van der Waals surface area contributed by atoms with Crippen LogP contribution in [0.5, 0.6) is 0 Å². The summed E-state index contributed by atoms with van der Waals surface area (Å²) in [5, 5.41) is 1.44. The van der Waals surface area contributed by atoms with Crippen LogP contribution in [0.2, 0.25) is 0 Å². The molecular formula is C21H24N2O. The van der Waals surface area contributed by atoms with Crippen LogP contribution in [-0.4, -0.2) is 22.5 Å². The molecule has 1 aromatic carbocycles. The summed E-state index contributed by atoms with van der Waals surface area (Å²) in [6, 6.07) is 14.2. The Labute approximate surface area is 142 Å². The van der Waals surface area contributed by atoms with Crippen LogP contribution < -0.4 is 0 Å². The molecule has 0 unspecified atom stereocenters. The third kappa shape index (κ3) is 2.30. The van der Waals surface area contributed by atoms with Crippen molar-refractivity contribution in [3.63, 3.8) is 0 Å². The van der Waals surface area contributed by atoms with Gasteiger partial charge >= 0.3 is 0 Å². The number of fused-ring (bicyclic) bond motifs is 6. The van der Waals surface area contributed by atoms with Crippen molar-refractivity contribution in [3.05, 3.63) is 59.7 Å². The number of benzene rings is 1. The Morgan fingerprint density at radius 3 is 2.96 bits per heavy atom. The standard InChI is InChI=1S/C21H24N2O/c1-2-9-18-17(8-1)21-19(22-18)14-15-10-11-20(21)23(15)12-4-3-6-16-7-5-13-24-16/h1-2,5,7-9,13,15,20,22H,3-4,6,10-12,14H2/t15-,20+/m1/s1. The van der Waals surface area contributed by atoms with Gasteiger partial charge in [-0.2, -0.15) is 0 Å². The van der Waals surface area contributed by atoms with Crippen LogP contribution in [0, 0.1) is 0 Å². The van der Waals surface area contributed by atoms with Crippen LogP contribution in [0.25, 0.3) is 10.9 Å². The second-order valence-corrected chi connectivity index (χ2v) is 7.29. The van der Waals surface area contributed by atoms with E-state index in [0.29, 0.717) is 6.04 Å². The number of aromatic nitrogens is 1. The van der Waals surface area contributed by atoms with Crippen molar-refractivity contribution in [3.8, 4) is 0 Å². The number of unbranched alkanes of at least 4 members (excludes halogenated alkanes) is 1. The maximum absolute atomic E-state index is 5.45. The summed E-state index contributed by atoms with van der Waals surface area (Å²) in [7, 11) is 0. The second-order valence-electron chi connectivity index (χ2n) is 7.29. The van der Waals surface area contributed by atoms with Gasteiger partial charge in [0, 0.05) is 41.5 Å². The number of rotatable bonds is 5. The summed E-state index contributed by atoms with van der Waals surface area (Å²) in [6.45, 7) is 1.22. The van der Waals surface area contributed by atoms with E-state index in [2.05, 4.69) is 40.2 Å². The van der Waals surface area contributed by atoms with Gasteiger partial charge in [0.25, 0.3) is 0 Å². The quantitative estimate of drug-likeness (QED) is 0.682. The molecule has 3 heteroatoms. The van der Waals surface area contributed by atoms with Crippen LogP contribution in [0.1, 0.15) is 48.7 Å². The lowest BCUT2D eigenvalue weighted by atomic mass is 9.96. The van der Waals surface area contributed by atoms with E-state index in [0.717, 1.165) is 18.2 Å². The van der Waals surface area contributed by atoms with Crippen molar-refractivity contribution in [1.82, 2.24) is 9.88 Å². The lowest BCUT2D eigenvalue weighted by molar-refractivity contribution is 0.174. The smallest absolute Gasteiger partial charge is 0.103 e. The van der Waals surface area contributed by atoms with E-state index in [1.165, 1.54) is 55.2 Å². The number of aromatic amines is 1. The zero-order valence-corrected chi connectivity index (χ0v) is 14.0. The number of hydrogen-bond acceptors (Lipinski definition) is 2. The Morgan fingerprint density at radius 2 is 2.04 bits per heavy atom. The fraction of sp³-hybridized carbons (Fsp3) is 0.429. The van der Waals surface area contributed by atoms with E-state index in [1.54, 1.807) is 11.8 Å². The first-order valence-electron chi connectivity index (χ1n) is 9.28. The van der Waals surface area contributed by atoms with Gasteiger partial charge in [-0.15, -0.1) is 0 Å². The maximum atomic E-state index is 5.45. The molecule has 2 aliphatic rings. The number of H-pyrrole nitrogens is 1. The fourth-order valence-electron chi connectivity index (χ4n) is 4.85. The molecule has 0 spiro atoms. The van der Waals surface area contributed by atoms with Gasteiger partial charge < -0.3 is 9.40 Å². The maximum Gasteiger partial charge on any atom is 0.103 e. The molecule has 1 N–H and O–H groups in total. The lowest BCUT2D eigenvalue weighted by Crippen LogP contribution is -2.37. The predicted octanol–water partition coefficient (Wildman–Crippen LogP) is 4.85. The highest BCUT2D eigenvalue weighted by Gasteiger charge is 2.41. The molecule has 0 aliphatic carbocycles. The largest absolute Gasteiger partial charge is 0.469 e. The average Bonchev–Trinajstić information content (AvgIpc) is 3.30. The van der Waals surface area contributed by atoms with Gasteiger partial charge in [0.05, 0.1) is 6.26 Å². The first-order chi connectivity index (χ1) is 11.9. The molecule has 2 aromatic heterocycles. The summed E-state index contributed by atoms with van der Waals surface area (Å²) in [4.78, 5) is 6.47. The summed E-state index contributed by atoms with van der Waals surface area (Å²) in [6.07, 6.45) is 9.17. The predicted molar refractivity (Wildman–Crippen MR) is 96.1 cm³/mol. The van der Waals surface area contributed by atoms with Gasteiger partial charge in [0.1, 0.15) is 5.76 Å². The molecule has 3 aromatic rings. The fourth-order valence-corrected chi connectivity index (χ4v) is 4.85. The molecule has 2 atom stereocenters. The van der Waals surface area contributed by atoms with Gasteiger partial charge in [0.2, 0.25) is 0 Å². The molecule has 0 amide bonds. The molecule has 1 saturated heterocycles. The minimum absolute atomic E-state index is 0.624. The molecule has 0 radical (unpaired) electrons. The van der Waals surface area contributed by atoms with Crippen molar-refractivity contribution >= 4 is 10.9 Å². The number of nitrogens with one attached hydrogen (secondary N) is 1. The highest BCUT2D eigenvalue weighted by Crippen LogP contribution is 2.46. The van der Waals surface area contributed by atoms with Crippen molar-refractivity contribution < 1.29 is 4.42 Å². The summed E-state index contributed by atoms with van der Waals surface area (Å²) in [5.41, 5.74) is 4.40. The summed E-state index contributed by atoms with van der Waals surface area (Å²) >= 11 is 0. The first kappa shape index (κ1) is 14.4. The van der Waals surface area contributed by atoms with Gasteiger partial charge in [-0.3, -0.25) is 4.90 Å². The first-order valence-corrected chi connectivity index (χ1v) is 9.28. The molecule has 3 nitrogen and oxygen atoms in total. The monoisotopic (exact) mass is 320 g/mol. The molecule has 1 fully saturated rings. The number of aryl methyl sites for hydroxylation is 1. The van der Waals surface area contributed by atoms with E-state index >= 15 is 0 Å². The number of para-hydroxylation sites is 1. The molecule has 5 rings (SSSR count). The SMILES string of the molecule is c1coc(CCCCN2[C@@H]3CC[C@H]2c2c([nH]c4ccccc24)C3)c1. The van der Waals surface area contributed by atoms with Gasteiger partial charge in [-0.25, -0.2) is 0 Å². The molecule has 24 heavy (non-hydrogen) atoms. The van der Waals surface area contributed by atoms with Gasteiger partial charge in [-0.05, 0) is 56.0 Å². The highest BCUT2D eigenvalue weighted by molar-refractivity contribution is 5.85. The van der Waals surface area contributed by atoms with E-state index < -0.39 is 0 Å². The van der Waals surface area contributed by atoms with Crippen molar-refractivity contribution in [1.29, 1.82) is 0 Å². The number of hydrogen-bond donors (Lipinski definition) is 1. The van der Waals surface area contributed by atoms with Crippen molar-refractivity contribution in [2.45, 2.75) is 50.6 Å². The van der Waals surface area contributed by atoms with Crippen LogP contribution in [0.4, 0.5) is 0 Å². The normalized spacial score (nSPS) is 23.0. The Bertz CT molecular complexity index is 833. The number of nitrogens with zero attached hydrogens (tertiary/aromatic N) is 1. The van der Waals surface area contributed by atoms with Crippen LogP contribution in [0.3, 0.4) is 0 Å². The minimum atomic E-state index is 0.624. The Kier molecular flexibility index (Phi) is 3.48. The Morgan fingerprint density at radius 1 is 1.08 bits per heavy atom. The van der Waals surface area contributed by atoms with Crippen LogP contribution >= 0.6 is 0 Å². The molecular weight excluding hydrogens is 296 g/mol. The van der Waals surface area contributed by atoms with E-state index in [4.69, 9.17) is 4.42 Å². The van der Waals surface area contributed by atoms with Gasteiger partial charge in [0.15, 0.2) is 0 Å². The topological polar surface area (TPSA) is 32.2 Å². The van der Waals surface area contributed by atoms with E-state index in [-0.39, 0.29) is 0 Å². The zero-order chi connectivity index (χ0) is 15.9. The molecule has 4 heterocycles. The minimum Gasteiger partial charge on any atom is -0.469 e. The molecule has 2 aliphatic heterocycles. The molecule has 124 valence electrons. The van der Waals surface area contributed by atoms with Crippen molar-refractivity contribution in [2.24, 2.45) is 0 Å². The Hall–Kier alpha value is -2.00. The van der Waals surface area contributed by atoms with E-state index in [1.807, 2.05) is 6.07 Å². The third-order valence-electron chi connectivity index (χ3n) is 5.91. The lowest BCUT2D eigenvalue weighted by Gasteiger charge is -2.35. The molecule has 2 bridgehead atoms. The average molecular weight is 320 g/mol. The van der Waals surface area contributed by atoms with Crippen LogP contribution in [0.15, 0.2) is 47.1 Å². The summed E-state index contributed by atoms with van der Waals surface area (Å²) in [5.74, 6) is 1.12. The second kappa shape index (κ2) is 5.82. The summed E-state index contributed by atoms with van der Waals surface area (Å²) < 4.78 is 5.45. The van der Waals surface area contributed by atoms with Gasteiger partial charge in [-0.1, -0.05) is 18.2 Å². The van der Waals surface area contributed by atoms with E-state index in [9.17, 15) is 0 Å². The Balaban J connectivity index is 1.32. The van der Waals surface area contributed by atoms with Crippen LogP contribution in [-0.2, 0) is 12.8 Å². The third-order valence-corrected chi connectivity index (χ3v) is 5.91. The molecule has 0 saturated carbocycles. The van der Waals surface area contributed by atoms with Crippen molar-refractivity contribution in [2.75, 3.05) is 6.54 Å². The number of furan rings is 1. The zero-order valence-electron chi connectivity index (χ0n) is 14.0. The highest BCUT2D eigenvalue weighted by atomic mass is 16.3.